The van der Waals surface area contributed by atoms with Gasteiger partial charge in [-0.15, -0.1) is 0 Å². The van der Waals surface area contributed by atoms with Crippen molar-refractivity contribution in [3.63, 3.8) is 0 Å². The zero-order chi connectivity index (χ0) is 29.7. The van der Waals surface area contributed by atoms with Crippen LogP contribution in [0.25, 0.3) is 65.0 Å². The Hall–Kier alpha value is -5.92. The minimum absolute atomic E-state index is 1.14. The number of nitrogens with zero attached hydrogens (tertiary/aromatic N) is 1. The van der Waals surface area contributed by atoms with E-state index in [0.29, 0.717) is 0 Å². The van der Waals surface area contributed by atoms with Gasteiger partial charge in [-0.1, -0.05) is 152 Å². The lowest BCUT2D eigenvalue weighted by molar-refractivity contribution is 1.32. The minimum Gasteiger partial charge on any atom is -0.309 e. The third kappa shape index (κ3) is 4.09. The van der Waals surface area contributed by atoms with Gasteiger partial charge in [-0.2, -0.15) is 0 Å². The Morgan fingerprint density at radius 3 is 1.51 bits per heavy atom. The molecule has 0 aliphatic rings. The van der Waals surface area contributed by atoms with E-state index in [1.807, 2.05) is 0 Å². The second kappa shape index (κ2) is 10.4. The second-order valence-corrected chi connectivity index (χ2v) is 11.7. The van der Waals surface area contributed by atoms with Crippen LogP contribution in [0.4, 0.5) is 17.1 Å². The molecule has 0 radical (unpaired) electrons. The molecule has 1 nitrogen and oxygen atoms in total. The van der Waals surface area contributed by atoms with Gasteiger partial charge in [-0.05, 0) is 78.5 Å². The van der Waals surface area contributed by atoms with Gasteiger partial charge in [0.2, 0.25) is 0 Å². The lowest BCUT2D eigenvalue weighted by atomic mass is 9.93. The molecule has 0 bridgehead atoms. The topological polar surface area (TPSA) is 3.24 Å². The molecule has 9 aromatic carbocycles. The second-order valence-electron chi connectivity index (χ2n) is 11.7. The first-order chi connectivity index (χ1) is 22.3. The molecule has 210 valence electrons. The van der Waals surface area contributed by atoms with Crippen LogP contribution in [0.5, 0.6) is 0 Å². The van der Waals surface area contributed by atoms with E-state index in [1.54, 1.807) is 0 Å². The number of fused-ring (bicyclic) bond motifs is 8. The summed E-state index contributed by atoms with van der Waals surface area (Å²) in [4.78, 5) is 2.46. The van der Waals surface area contributed by atoms with E-state index < -0.39 is 0 Å². The Labute approximate surface area is 262 Å². The van der Waals surface area contributed by atoms with Crippen molar-refractivity contribution in [3.05, 3.63) is 176 Å². The van der Waals surface area contributed by atoms with Crippen LogP contribution < -0.4 is 4.90 Å². The predicted molar refractivity (Wildman–Crippen MR) is 194 cm³/mol. The molecule has 0 unspecified atom stereocenters. The van der Waals surface area contributed by atoms with Crippen molar-refractivity contribution in [2.24, 2.45) is 0 Å². The number of anilines is 3. The fourth-order valence-corrected chi connectivity index (χ4v) is 7.19. The van der Waals surface area contributed by atoms with Crippen molar-refractivity contribution in [1.29, 1.82) is 0 Å². The molecular formula is C44H29N. The van der Waals surface area contributed by atoms with Crippen molar-refractivity contribution in [2.75, 3.05) is 4.90 Å². The van der Waals surface area contributed by atoms with Crippen LogP contribution in [0.2, 0.25) is 0 Å². The Morgan fingerprint density at radius 1 is 0.289 bits per heavy atom. The van der Waals surface area contributed by atoms with Crippen LogP contribution in [0.15, 0.2) is 176 Å². The molecule has 0 aromatic heterocycles. The average molecular weight is 572 g/mol. The summed E-state index contributed by atoms with van der Waals surface area (Å²) in [6, 6.07) is 64.0. The van der Waals surface area contributed by atoms with E-state index in [9.17, 15) is 0 Å². The van der Waals surface area contributed by atoms with Crippen molar-refractivity contribution in [2.45, 2.75) is 0 Å². The average Bonchev–Trinajstić information content (AvgIpc) is 3.12. The quantitative estimate of drug-likeness (QED) is 0.190. The largest absolute Gasteiger partial charge is 0.309 e. The van der Waals surface area contributed by atoms with E-state index in [1.165, 1.54) is 65.0 Å². The summed E-state index contributed by atoms with van der Waals surface area (Å²) in [5.74, 6) is 0. The SMILES string of the molecule is c1ccc(-c2ccc(N(c3ccc4c5ccccc5c5ccccc5c4c3)c3cccc4ccccc34)c3ccccc23)cc1. The summed E-state index contributed by atoms with van der Waals surface area (Å²) in [5, 5.41) is 12.6. The third-order valence-electron chi connectivity index (χ3n) is 9.22. The molecule has 9 aromatic rings. The van der Waals surface area contributed by atoms with E-state index in [0.717, 1.165) is 17.1 Å². The highest BCUT2D eigenvalue weighted by molar-refractivity contribution is 6.26. The molecule has 45 heavy (non-hydrogen) atoms. The van der Waals surface area contributed by atoms with Crippen molar-refractivity contribution in [1.82, 2.24) is 0 Å². The van der Waals surface area contributed by atoms with Gasteiger partial charge in [0, 0.05) is 16.5 Å². The minimum atomic E-state index is 1.14. The molecule has 0 atom stereocenters. The molecule has 0 saturated heterocycles. The highest BCUT2D eigenvalue weighted by Crippen LogP contribution is 2.46. The van der Waals surface area contributed by atoms with Crippen LogP contribution in [0.3, 0.4) is 0 Å². The van der Waals surface area contributed by atoms with E-state index in [2.05, 4.69) is 181 Å². The maximum Gasteiger partial charge on any atom is 0.0540 e. The third-order valence-corrected chi connectivity index (χ3v) is 9.22. The van der Waals surface area contributed by atoms with Gasteiger partial charge in [0.1, 0.15) is 0 Å². The lowest BCUT2D eigenvalue weighted by Gasteiger charge is -2.29. The monoisotopic (exact) mass is 571 g/mol. The summed E-state index contributed by atoms with van der Waals surface area (Å²) in [5.41, 5.74) is 5.92. The predicted octanol–water partition coefficient (Wildman–Crippen LogP) is 12.6. The standard InChI is InChI=1S/C44H29N/c1-2-13-30(14-3-1)33-27-28-44(41-23-11-10-18-35(33)41)45(43-24-12-16-31-15-4-5-17-34(31)43)32-25-26-40-38-21-7-6-19-36(38)37-20-8-9-22-39(37)42(40)29-32/h1-29H. The van der Waals surface area contributed by atoms with Crippen LogP contribution in [-0.4, -0.2) is 0 Å². The summed E-state index contributed by atoms with van der Waals surface area (Å²) < 4.78 is 0. The number of hydrogen-bond acceptors (Lipinski definition) is 1. The van der Waals surface area contributed by atoms with Gasteiger partial charge in [0.25, 0.3) is 0 Å². The molecule has 0 heterocycles. The Balaban J connectivity index is 1.38. The van der Waals surface area contributed by atoms with Crippen LogP contribution >= 0.6 is 0 Å². The molecular weight excluding hydrogens is 542 g/mol. The first kappa shape index (κ1) is 25.6. The molecule has 0 saturated carbocycles. The zero-order valence-corrected chi connectivity index (χ0v) is 24.7. The Morgan fingerprint density at radius 2 is 0.800 bits per heavy atom. The first-order valence-electron chi connectivity index (χ1n) is 15.5. The van der Waals surface area contributed by atoms with Crippen molar-refractivity contribution < 1.29 is 0 Å². The maximum absolute atomic E-state index is 2.46. The molecule has 9 rings (SSSR count). The highest BCUT2D eigenvalue weighted by atomic mass is 15.1. The number of benzene rings is 9. The number of rotatable bonds is 4. The molecule has 0 aliphatic carbocycles. The fraction of sp³-hybridized carbons (Fsp3) is 0. The Bertz CT molecular complexity index is 2500. The summed E-state index contributed by atoms with van der Waals surface area (Å²) in [7, 11) is 0. The molecule has 0 fully saturated rings. The molecule has 0 N–H and O–H groups in total. The van der Waals surface area contributed by atoms with Gasteiger partial charge >= 0.3 is 0 Å². The molecule has 0 spiro atoms. The highest BCUT2D eigenvalue weighted by Gasteiger charge is 2.20. The molecule has 0 aliphatic heterocycles. The maximum atomic E-state index is 2.46. The smallest absolute Gasteiger partial charge is 0.0540 e. The lowest BCUT2D eigenvalue weighted by Crippen LogP contribution is -2.11. The van der Waals surface area contributed by atoms with Gasteiger partial charge in [0.15, 0.2) is 0 Å². The van der Waals surface area contributed by atoms with Crippen LogP contribution in [-0.2, 0) is 0 Å². The van der Waals surface area contributed by atoms with Crippen molar-refractivity contribution >= 4 is 70.9 Å². The van der Waals surface area contributed by atoms with Gasteiger partial charge < -0.3 is 4.90 Å². The zero-order valence-electron chi connectivity index (χ0n) is 24.7. The van der Waals surface area contributed by atoms with Gasteiger partial charge in [-0.3, -0.25) is 0 Å². The van der Waals surface area contributed by atoms with E-state index in [4.69, 9.17) is 0 Å². The number of hydrogen-bond donors (Lipinski definition) is 0. The first-order valence-corrected chi connectivity index (χ1v) is 15.5. The molecule has 0 amide bonds. The van der Waals surface area contributed by atoms with Crippen LogP contribution in [0.1, 0.15) is 0 Å². The normalized spacial score (nSPS) is 11.6. The van der Waals surface area contributed by atoms with E-state index in [-0.39, 0.29) is 0 Å². The van der Waals surface area contributed by atoms with Crippen molar-refractivity contribution in [3.8, 4) is 11.1 Å². The van der Waals surface area contributed by atoms with Gasteiger partial charge in [-0.25, -0.2) is 0 Å². The summed E-state index contributed by atoms with van der Waals surface area (Å²) in [6.45, 7) is 0. The fourth-order valence-electron chi connectivity index (χ4n) is 7.19. The summed E-state index contributed by atoms with van der Waals surface area (Å²) in [6.07, 6.45) is 0. The molecule has 1 heteroatoms. The van der Waals surface area contributed by atoms with E-state index >= 15 is 0 Å². The summed E-state index contributed by atoms with van der Waals surface area (Å²) >= 11 is 0. The van der Waals surface area contributed by atoms with Gasteiger partial charge in [0.05, 0.1) is 11.4 Å². The van der Waals surface area contributed by atoms with Crippen LogP contribution in [0, 0.1) is 0 Å². The Kier molecular flexibility index (Phi) is 5.89.